The number of benzene rings is 3. The maximum absolute atomic E-state index is 13.8. The summed E-state index contributed by atoms with van der Waals surface area (Å²) in [4.78, 5) is 49.6. The highest BCUT2D eigenvalue weighted by Gasteiger charge is 2.54. The van der Waals surface area contributed by atoms with Gasteiger partial charge in [0, 0.05) is 29.4 Å². The van der Waals surface area contributed by atoms with Gasteiger partial charge in [-0.15, -0.1) is 21.1 Å². The molecule has 1 saturated heterocycles. The van der Waals surface area contributed by atoms with Gasteiger partial charge in [0.15, 0.2) is 18.6 Å². The van der Waals surface area contributed by atoms with Gasteiger partial charge in [0.25, 0.3) is 11.8 Å². The van der Waals surface area contributed by atoms with E-state index in [1.807, 2.05) is 113 Å². The zero-order valence-electron chi connectivity index (χ0n) is 29.4. The molecule has 286 valence electrons. The maximum Gasteiger partial charge on any atom is 0.407 e. The molecule has 14 nitrogen and oxygen atoms in total. The van der Waals surface area contributed by atoms with E-state index in [1.165, 1.54) is 11.8 Å². The minimum atomic E-state index is -3.38. The molecule has 3 aliphatic heterocycles. The molecule has 1 fully saturated rings. The molecule has 3 N–H and O–H groups in total. The molecule has 0 spiro atoms. The molecular formula is C38H33F2N9O5S2. The van der Waals surface area contributed by atoms with Gasteiger partial charge in [0.1, 0.15) is 17.0 Å². The highest BCUT2D eigenvalue weighted by molar-refractivity contribution is 8.00. The average Bonchev–Trinajstić information content (AvgIpc) is 3.86. The van der Waals surface area contributed by atoms with Crippen LogP contribution < -0.4 is 25.7 Å². The van der Waals surface area contributed by atoms with Crippen LogP contribution in [0.25, 0.3) is 0 Å². The van der Waals surface area contributed by atoms with Crippen molar-refractivity contribution in [3.8, 4) is 0 Å². The standard InChI is InChI=1S/C38H33F2N9O5S2/c39-36(40)54-45-28(31-43-37(56-46-31)44-38(24-11-4-1-5-12-24,25-13-6-2-7-14-25)26-15-8-3-9-16-26)32(50)42-29-33(51)49-30(35(52)53)23(22-55-34(29)49)21-47-20-17-27-41-18-10-19-48(27)47/h1-9,11-17,20,29,34,36H,10,18-19,21-22H2,(H3,42,43,44,46,50,52,53)/t29-,34-/m1/s1. The SMILES string of the molecule is O=C([O-])C1=C(C[n+]2ccc3n2CCCN3)CS[C@@H]2[C@H](NC(=O)C(=NOC(F)F)c3nsc(NC(c4ccccc4)(c4ccccc4)c4ccccc4)n3)C(=O)N12. The Balaban J connectivity index is 1.06. The zero-order valence-corrected chi connectivity index (χ0v) is 31.0. The number of anilines is 2. The number of halogens is 2. The van der Waals surface area contributed by atoms with Gasteiger partial charge in [-0.2, -0.15) is 18.1 Å². The van der Waals surface area contributed by atoms with Gasteiger partial charge < -0.3 is 30.7 Å². The molecule has 56 heavy (non-hydrogen) atoms. The summed E-state index contributed by atoms with van der Waals surface area (Å²) in [7, 11) is 0. The summed E-state index contributed by atoms with van der Waals surface area (Å²) in [5, 5.41) is 24.6. The molecule has 2 atom stereocenters. The number of alkyl halides is 2. The fraction of sp³-hybridized carbons (Fsp3) is 0.237. The summed E-state index contributed by atoms with van der Waals surface area (Å²) in [6, 6.07) is 29.6. The second kappa shape index (κ2) is 15.5. The van der Waals surface area contributed by atoms with Crippen LogP contribution in [-0.4, -0.2) is 72.8 Å². The van der Waals surface area contributed by atoms with E-state index in [4.69, 9.17) is 0 Å². The number of oxime groups is 1. The number of thioether (sulfide) groups is 1. The molecule has 5 aromatic rings. The molecule has 3 aliphatic rings. The minimum Gasteiger partial charge on any atom is -0.543 e. The van der Waals surface area contributed by atoms with Gasteiger partial charge in [-0.3, -0.25) is 14.5 Å². The first-order valence-electron chi connectivity index (χ1n) is 17.6. The van der Waals surface area contributed by atoms with Crippen LogP contribution in [0.2, 0.25) is 0 Å². The van der Waals surface area contributed by atoms with Gasteiger partial charge >= 0.3 is 6.61 Å². The molecule has 0 bridgehead atoms. The van der Waals surface area contributed by atoms with Crippen LogP contribution in [-0.2, 0) is 37.8 Å². The van der Waals surface area contributed by atoms with Crippen LogP contribution >= 0.6 is 23.3 Å². The number of hydrogen-bond acceptors (Lipinski definition) is 12. The number of rotatable bonds is 13. The summed E-state index contributed by atoms with van der Waals surface area (Å²) >= 11 is 2.13. The van der Waals surface area contributed by atoms with Crippen molar-refractivity contribution in [2.75, 3.05) is 22.9 Å². The predicted molar refractivity (Wildman–Crippen MR) is 201 cm³/mol. The van der Waals surface area contributed by atoms with Gasteiger partial charge in [0.05, 0.1) is 24.3 Å². The van der Waals surface area contributed by atoms with Gasteiger partial charge in [0.2, 0.25) is 16.7 Å². The minimum absolute atomic E-state index is 0.208. The molecule has 18 heteroatoms. The highest BCUT2D eigenvalue weighted by atomic mass is 32.2. The number of nitrogens with zero attached hydrogens (tertiary/aromatic N) is 6. The van der Waals surface area contributed by atoms with E-state index in [0.717, 1.165) is 58.5 Å². The molecule has 5 heterocycles. The topological polar surface area (TPSA) is 170 Å². The quantitative estimate of drug-likeness (QED) is 0.0530. The number of β-lactam (4-membered cyclic amide) rings is 1. The molecule has 2 amide bonds. The number of aliphatic carboxylic acids is 1. The number of carboxylic acids is 1. The van der Waals surface area contributed by atoms with Crippen LogP contribution in [0.3, 0.4) is 0 Å². The number of fused-ring (bicyclic) bond motifs is 2. The smallest absolute Gasteiger partial charge is 0.407 e. The molecule has 8 rings (SSSR count). The normalized spacial score (nSPS) is 18.1. The second-order valence-corrected chi connectivity index (χ2v) is 14.9. The number of hydrogen-bond donors (Lipinski definition) is 3. The van der Waals surface area contributed by atoms with Crippen LogP contribution in [0.15, 0.2) is 120 Å². The third-order valence-electron chi connectivity index (χ3n) is 9.72. The Kier molecular flexibility index (Phi) is 10.2. The summed E-state index contributed by atoms with van der Waals surface area (Å²) in [6.45, 7) is -1.59. The Morgan fingerprint density at radius 2 is 1.66 bits per heavy atom. The van der Waals surface area contributed by atoms with Gasteiger partial charge in [-0.05, 0) is 23.1 Å². The number of aromatic nitrogens is 4. The molecule has 0 radical (unpaired) electrons. The van der Waals surface area contributed by atoms with Crippen LogP contribution in [0.5, 0.6) is 0 Å². The molecule has 0 aliphatic carbocycles. The largest absolute Gasteiger partial charge is 0.543 e. The van der Waals surface area contributed by atoms with Crippen LogP contribution in [0.1, 0.15) is 28.9 Å². The predicted octanol–water partition coefficient (Wildman–Crippen LogP) is 2.89. The van der Waals surface area contributed by atoms with E-state index in [2.05, 4.69) is 35.3 Å². The van der Waals surface area contributed by atoms with Crippen molar-refractivity contribution < 1.29 is 37.8 Å². The van der Waals surface area contributed by atoms with E-state index in [0.29, 0.717) is 5.57 Å². The highest BCUT2D eigenvalue weighted by Crippen LogP contribution is 2.42. The lowest BCUT2D eigenvalue weighted by atomic mass is 9.77. The summed E-state index contributed by atoms with van der Waals surface area (Å²) < 4.78 is 34.8. The number of carbonyl (C=O) groups is 3. The van der Waals surface area contributed by atoms with Crippen molar-refractivity contribution >= 4 is 57.7 Å². The summed E-state index contributed by atoms with van der Waals surface area (Å²) in [6.07, 6.45) is 2.74. The number of carboxylic acid groups (broad SMARTS) is 1. The third-order valence-corrected chi connectivity index (χ3v) is 11.7. The summed E-state index contributed by atoms with van der Waals surface area (Å²) in [5.74, 6) is -2.50. The third kappa shape index (κ3) is 6.85. The van der Waals surface area contributed by atoms with Gasteiger partial charge in [-0.25, -0.2) is 0 Å². The van der Waals surface area contributed by atoms with Crippen molar-refractivity contribution in [1.82, 2.24) is 24.3 Å². The van der Waals surface area contributed by atoms with Crippen molar-refractivity contribution in [2.24, 2.45) is 5.16 Å². The van der Waals surface area contributed by atoms with E-state index >= 15 is 0 Å². The Morgan fingerprint density at radius 1 is 1.02 bits per heavy atom. The average molecular weight is 798 g/mol. The fourth-order valence-corrected chi connectivity index (χ4v) is 9.19. The van der Waals surface area contributed by atoms with E-state index in [9.17, 15) is 28.3 Å². The zero-order chi connectivity index (χ0) is 38.8. The number of nitrogens with one attached hydrogen (secondary N) is 3. The van der Waals surface area contributed by atoms with E-state index < -0.39 is 47.1 Å². The van der Waals surface area contributed by atoms with E-state index in [1.54, 1.807) is 0 Å². The number of amides is 2. The lowest BCUT2D eigenvalue weighted by Crippen LogP contribution is -2.71. The molecule has 2 aromatic heterocycles. The Labute approximate surface area is 327 Å². The van der Waals surface area contributed by atoms with Gasteiger partial charge in [-0.1, -0.05) is 96.2 Å². The second-order valence-electron chi connectivity index (χ2n) is 13.0. The number of carbonyl (C=O) groups excluding carboxylic acids is 3. The maximum atomic E-state index is 13.8. The van der Waals surface area contributed by atoms with Crippen LogP contribution in [0, 0.1) is 0 Å². The molecule has 0 saturated carbocycles. The van der Waals surface area contributed by atoms with Crippen molar-refractivity contribution in [1.29, 1.82) is 0 Å². The lowest BCUT2D eigenvalue weighted by molar-refractivity contribution is -0.768. The van der Waals surface area contributed by atoms with Crippen LogP contribution in [0.4, 0.5) is 19.7 Å². The van der Waals surface area contributed by atoms with Crippen molar-refractivity contribution in [3.05, 3.63) is 137 Å². The fourth-order valence-electron chi connectivity index (χ4n) is 7.23. The summed E-state index contributed by atoms with van der Waals surface area (Å²) in [5.41, 5.74) is 1.06. The first kappa shape index (κ1) is 36.8. The lowest BCUT2D eigenvalue weighted by Gasteiger charge is -2.50. The molecular weight excluding hydrogens is 765 g/mol. The Hall–Kier alpha value is -6.14. The first-order valence-corrected chi connectivity index (χ1v) is 19.4. The van der Waals surface area contributed by atoms with Crippen molar-refractivity contribution in [3.63, 3.8) is 0 Å². The monoisotopic (exact) mass is 797 g/mol. The Bertz CT molecular complexity index is 2230. The molecule has 3 aromatic carbocycles. The Morgan fingerprint density at radius 3 is 2.27 bits per heavy atom. The van der Waals surface area contributed by atoms with E-state index in [-0.39, 0.29) is 29.0 Å². The first-order chi connectivity index (χ1) is 27.2. The van der Waals surface area contributed by atoms with Crippen molar-refractivity contribution in [2.45, 2.75) is 43.1 Å². The molecule has 0 unspecified atom stereocenters.